The zero-order valence-corrected chi connectivity index (χ0v) is 32.3. The average Bonchev–Trinajstić information content (AvgIpc) is 3.15. The Morgan fingerprint density at radius 3 is 1.75 bits per heavy atom. The summed E-state index contributed by atoms with van der Waals surface area (Å²) in [5, 5.41) is 71.5. The Morgan fingerprint density at radius 1 is 0.604 bits per heavy atom. The molecule has 312 valence electrons. The van der Waals surface area contributed by atoms with Gasteiger partial charge in [-0.05, 0) is 38.5 Å². The molecule has 7 N–H and O–H groups in total. The first-order chi connectivity index (χ1) is 25.6. The van der Waals surface area contributed by atoms with Crippen LogP contribution in [0.15, 0.2) is 12.2 Å². The van der Waals surface area contributed by atoms with Crippen molar-refractivity contribution in [3.05, 3.63) is 12.2 Å². The zero-order valence-electron chi connectivity index (χ0n) is 32.3. The fourth-order valence-electron chi connectivity index (χ4n) is 6.34. The molecule has 11 atom stereocenters. The summed E-state index contributed by atoms with van der Waals surface area (Å²) >= 11 is 0. The van der Waals surface area contributed by atoms with Gasteiger partial charge in [0.15, 0.2) is 12.6 Å². The van der Waals surface area contributed by atoms with Crippen LogP contribution in [0.1, 0.15) is 129 Å². The zero-order chi connectivity index (χ0) is 38.8. The summed E-state index contributed by atoms with van der Waals surface area (Å²) in [6.45, 7) is 3.58. The van der Waals surface area contributed by atoms with E-state index in [1.807, 2.05) is 0 Å². The molecule has 0 saturated carbocycles. The number of rotatable bonds is 30. The number of carbonyl (C=O) groups excluding carboxylic acids is 1. The maximum absolute atomic E-state index is 12.8. The summed E-state index contributed by atoms with van der Waals surface area (Å²) in [4.78, 5) is 12.8. The molecule has 2 aliphatic rings. The largest absolute Gasteiger partial charge is 0.457 e. The van der Waals surface area contributed by atoms with E-state index in [0.717, 1.165) is 57.8 Å². The summed E-state index contributed by atoms with van der Waals surface area (Å²) in [6, 6.07) is 0. The highest BCUT2D eigenvalue weighted by Gasteiger charge is 2.47. The second-order valence-electron chi connectivity index (χ2n) is 14.5. The van der Waals surface area contributed by atoms with Crippen LogP contribution in [0.5, 0.6) is 0 Å². The molecule has 2 heterocycles. The van der Waals surface area contributed by atoms with Crippen LogP contribution in [0.4, 0.5) is 0 Å². The smallest absolute Gasteiger partial charge is 0.306 e. The minimum atomic E-state index is -1.70. The van der Waals surface area contributed by atoms with Gasteiger partial charge in [-0.25, -0.2) is 0 Å². The molecule has 11 unspecified atom stereocenters. The Labute approximate surface area is 316 Å². The van der Waals surface area contributed by atoms with Gasteiger partial charge in [0.1, 0.15) is 54.9 Å². The number of esters is 1. The Balaban J connectivity index is 1.85. The number of aliphatic hydroxyl groups excluding tert-OH is 7. The molecule has 14 nitrogen and oxygen atoms in total. The quantitative estimate of drug-likeness (QED) is 0.0318. The number of unbranched alkanes of at least 4 members (excludes halogenated alkanes) is 14. The molecule has 2 rings (SSSR count). The molecule has 2 aliphatic heterocycles. The summed E-state index contributed by atoms with van der Waals surface area (Å²) in [6.07, 6.45) is 7.39. The topological polar surface area (TPSA) is 214 Å². The van der Waals surface area contributed by atoms with Crippen molar-refractivity contribution in [3.8, 4) is 0 Å². The molecule has 53 heavy (non-hydrogen) atoms. The van der Waals surface area contributed by atoms with Crippen LogP contribution in [0.25, 0.3) is 0 Å². The van der Waals surface area contributed by atoms with Crippen LogP contribution in [0, 0.1) is 0 Å². The molecule has 2 saturated heterocycles. The number of hydrogen-bond acceptors (Lipinski definition) is 14. The van der Waals surface area contributed by atoms with E-state index in [4.69, 9.17) is 28.4 Å². The molecular weight excluding hydrogens is 692 g/mol. The summed E-state index contributed by atoms with van der Waals surface area (Å²) < 4.78 is 33.9. The lowest BCUT2D eigenvalue weighted by molar-refractivity contribution is -0.332. The maximum Gasteiger partial charge on any atom is 0.306 e. The Bertz CT molecular complexity index is 938. The third-order valence-corrected chi connectivity index (χ3v) is 9.77. The minimum Gasteiger partial charge on any atom is -0.457 e. The predicted octanol–water partition coefficient (Wildman–Crippen LogP) is 3.17. The van der Waals surface area contributed by atoms with Gasteiger partial charge in [0, 0.05) is 13.0 Å². The van der Waals surface area contributed by atoms with E-state index in [-0.39, 0.29) is 25.6 Å². The molecule has 0 amide bonds. The van der Waals surface area contributed by atoms with Crippen molar-refractivity contribution in [3.63, 3.8) is 0 Å². The van der Waals surface area contributed by atoms with Gasteiger partial charge in [0.2, 0.25) is 0 Å². The van der Waals surface area contributed by atoms with Gasteiger partial charge in [-0.1, -0.05) is 96.6 Å². The second-order valence-corrected chi connectivity index (χ2v) is 14.5. The highest BCUT2D eigenvalue weighted by Crippen LogP contribution is 2.26. The van der Waals surface area contributed by atoms with Crippen LogP contribution in [-0.4, -0.2) is 142 Å². The van der Waals surface area contributed by atoms with Gasteiger partial charge in [0.25, 0.3) is 0 Å². The summed E-state index contributed by atoms with van der Waals surface area (Å²) in [7, 11) is 0. The van der Waals surface area contributed by atoms with Crippen LogP contribution >= 0.6 is 0 Å². The Kier molecular flexibility index (Phi) is 26.2. The average molecular weight is 765 g/mol. The third-order valence-electron chi connectivity index (χ3n) is 9.77. The molecule has 0 aliphatic carbocycles. The molecular formula is C39H72O14. The first-order valence-corrected chi connectivity index (χ1v) is 20.3. The second kappa shape index (κ2) is 29.0. The standard InChI is InChI=1S/C39H72O14/c1-3-5-7-9-11-12-13-14-15-16-18-20-22-31(41)51-28(25-48-23-21-19-17-10-8-6-4-2)26-49-38-37(47)35(45)33(43)30(53-38)27-50-39-36(46)34(44)32(42)29(24-40)52-39/h11-12,28-30,32-40,42-47H,3-10,13-27H2,1-2H3/b12-11-. The number of ether oxygens (including phenoxy) is 6. The van der Waals surface area contributed by atoms with Crippen LogP contribution in [-0.2, 0) is 33.2 Å². The molecule has 2 fully saturated rings. The monoisotopic (exact) mass is 764 g/mol. The lowest BCUT2D eigenvalue weighted by Crippen LogP contribution is -2.61. The highest BCUT2D eigenvalue weighted by atomic mass is 16.7. The molecule has 0 radical (unpaired) electrons. The first-order valence-electron chi connectivity index (χ1n) is 20.3. The van der Waals surface area contributed by atoms with Crippen LogP contribution in [0.2, 0.25) is 0 Å². The number of hydrogen-bond donors (Lipinski definition) is 7. The fourth-order valence-corrected chi connectivity index (χ4v) is 6.34. The first kappa shape index (κ1) is 47.9. The van der Waals surface area contributed by atoms with E-state index in [9.17, 15) is 40.5 Å². The molecule has 0 bridgehead atoms. The van der Waals surface area contributed by atoms with Crippen molar-refractivity contribution in [2.45, 2.75) is 197 Å². The van der Waals surface area contributed by atoms with Gasteiger partial charge in [-0.2, -0.15) is 0 Å². The van der Waals surface area contributed by atoms with E-state index < -0.39 is 80.7 Å². The minimum absolute atomic E-state index is 0.0607. The van der Waals surface area contributed by atoms with E-state index in [0.29, 0.717) is 13.0 Å². The van der Waals surface area contributed by atoms with Gasteiger partial charge in [-0.3, -0.25) is 4.79 Å². The van der Waals surface area contributed by atoms with Crippen molar-refractivity contribution >= 4 is 5.97 Å². The van der Waals surface area contributed by atoms with Gasteiger partial charge in [0.05, 0.1) is 26.4 Å². The van der Waals surface area contributed by atoms with E-state index in [1.165, 1.54) is 44.9 Å². The van der Waals surface area contributed by atoms with Crippen LogP contribution < -0.4 is 0 Å². The van der Waals surface area contributed by atoms with Gasteiger partial charge >= 0.3 is 5.97 Å². The van der Waals surface area contributed by atoms with Crippen molar-refractivity contribution in [1.82, 2.24) is 0 Å². The lowest BCUT2D eigenvalue weighted by atomic mass is 9.98. The summed E-state index contributed by atoms with van der Waals surface area (Å²) in [5.74, 6) is -0.389. The Morgan fingerprint density at radius 2 is 1.11 bits per heavy atom. The van der Waals surface area contributed by atoms with Gasteiger partial charge < -0.3 is 64.2 Å². The SMILES string of the molecule is CCCCC/C=C\CCCCCCCC(=O)OC(COCCCCCCCCC)COC1OC(COC2OC(CO)C(O)C(O)C2O)C(O)C(O)C1O. The highest BCUT2D eigenvalue weighted by molar-refractivity contribution is 5.69. The number of allylic oxidation sites excluding steroid dienone is 2. The third kappa shape index (κ3) is 19.0. The number of carbonyl (C=O) groups is 1. The van der Waals surface area contributed by atoms with Crippen molar-refractivity contribution in [1.29, 1.82) is 0 Å². The van der Waals surface area contributed by atoms with Crippen molar-refractivity contribution in [2.75, 3.05) is 33.0 Å². The van der Waals surface area contributed by atoms with E-state index in [2.05, 4.69) is 26.0 Å². The normalized spacial score (nSPS) is 29.8. The van der Waals surface area contributed by atoms with Crippen molar-refractivity contribution in [2.24, 2.45) is 0 Å². The van der Waals surface area contributed by atoms with Crippen LogP contribution in [0.3, 0.4) is 0 Å². The van der Waals surface area contributed by atoms with Crippen molar-refractivity contribution < 1.29 is 69.0 Å². The molecule has 0 spiro atoms. The number of aliphatic hydroxyl groups is 7. The lowest BCUT2D eigenvalue weighted by Gasteiger charge is -2.42. The van der Waals surface area contributed by atoms with E-state index >= 15 is 0 Å². The molecule has 0 aromatic heterocycles. The maximum atomic E-state index is 12.8. The van der Waals surface area contributed by atoms with E-state index in [1.54, 1.807) is 0 Å². The molecule has 0 aromatic rings. The summed E-state index contributed by atoms with van der Waals surface area (Å²) in [5.41, 5.74) is 0. The molecule has 0 aromatic carbocycles. The Hall–Kier alpha value is -1.27. The predicted molar refractivity (Wildman–Crippen MR) is 197 cm³/mol. The molecule has 14 heteroatoms. The fraction of sp³-hybridized carbons (Fsp3) is 0.923. The van der Waals surface area contributed by atoms with Gasteiger partial charge in [-0.15, -0.1) is 0 Å².